The SMILES string of the molecule is CN1CCN(CCCNC(=O)[C@@H]2C[C@@H]2C(=O)O)CC1. The number of carboxylic acids is 1. The molecule has 2 rings (SSSR count). The van der Waals surface area contributed by atoms with E-state index >= 15 is 0 Å². The molecule has 0 radical (unpaired) electrons. The highest BCUT2D eigenvalue weighted by Gasteiger charge is 2.48. The van der Waals surface area contributed by atoms with Crippen LogP contribution in [0.15, 0.2) is 0 Å². The Morgan fingerprint density at radius 3 is 2.47 bits per heavy atom. The molecule has 2 N–H and O–H groups in total. The van der Waals surface area contributed by atoms with Crippen LogP contribution in [-0.4, -0.2) is 73.1 Å². The maximum atomic E-state index is 11.6. The smallest absolute Gasteiger partial charge is 0.307 e. The number of carbonyl (C=O) groups excluding carboxylic acids is 1. The number of hydrogen-bond acceptors (Lipinski definition) is 4. The molecule has 0 aromatic carbocycles. The monoisotopic (exact) mass is 269 g/mol. The zero-order valence-electron chi connectivity index (χ0n) is 11.5. The number of carboxylic acid groups (broad SMARTS) is 1. The average molecular weight is 269 g/mol. The van der Waals surface area contributed by atoms with Gasteiger partial charge in [0.05, 0.1) is 11.8 Å². The normalized spacial score (nSPS) is 28.1. The number of piperazine rings is 1. The molecule has 19 heavy (non-hydrogen) atoms. The van der Waals surface area contributed by atoms with Crippen LogP contribution in [0.3, 0.4) is 0 Å². The first kappa shape index (κ1) is 14.3. The molecule has 1 aliphatic heterocycles. The summed E-state index contributed by atoms with van der Waals surface area (Å²) in [7, 11) is 2.13. The Hall–Kier alpha value is -1.14. The van der Waals surface area contributed by atoms with E-state index in [1.54, 1.807) is 0 Å². The fraction of sp³-hybridized carbons (Fsp3) is 0.846. The highest BCUT2D eigenvalue weighted by Crippen LogP contribution is 2.38. The summed E-state index contributed by atoms with van der Waals surface area (Å²) < 4.78 is 0. The van der Waals surface area contributed by atoms with Crippen molar-refractivity contribution in [1.82, 2.24) is 15.1 Å². The van der Waals surface area contributed by atoms with Gasteiger partial charge < -0.3 is 20.2 Å². The van der Waals surface area contributed by atoms with Crippen molar-refractivity contribution in [3.63, 3.8) is 0 Å². The van der Waals surface area contributed by atoms with Crippen LogP contribution in [0.4, 0.5) is 0 Å². The Bertz CT molecular complexity index is 340. The number of aliphatic carboxylic acids is 1. The predicted molar refractivity (Wildman–Crippen MR) is 70.8 cm³/mol. The molecule has 1 heterocycles. The van der Waals surface area contributed by atoms with E-state index in [9.17, 15) is 9.59 Å². The van der Waals surface area contributed by atoms with Gasteiger partial charge in [0.25, 0.3) is 0 Å². The summed E-state index contributed by atoms with van der Waals surface area (Å²) in [5, 5.41) is 11.6. The largest absolute Gasteiger partial charge is 0.481 e. The maximum absolute atomic E-state index is 11.6. The van der Waals surface area contributed by atoms with Crippen LogP contribution in [0, 0.1) is 11.8 Å². The molecule has 0 aromatic heterocycles. The lowest BCUT2D eigenvalue weighted by atomic mass is 10.2. The van der Waals surface area contributed by atoms with Crippen LogP contribution in [0.1, 0.15) is 12.8 Å². The zero-order chi connectivity index (χ0) is 13.8. The number of likely N-dealkylation sites (N-methyl/N-ethyl adjacent to an activating group) is 1. The number of amides is 1. The van der Waals surface area contributed by atoms with E-state index < -0.39 is 11.9 Å². The van der Waals surface area contributed by atoms with Crippen molar-refractivity contribution in [2.75, 3.05) is 46.3 Å². The first-order valence-corrected chi connectivity index (χ1v) is 6.99. The van der Waals surface area contributed by atoms with Gasteiger partial charge >= 0.3 is 5.97 Å². The van der Waals surface area contributed by atoms with E-state index in [1.807, 2.05) is 0 Å². The van der Waals surface area contributed by atoms with Gasteiger partial charge in [-0.1, -0.05) is 0 Å². The third-order valence-corrected chi connectivity index (χ3v) is 3.99. The Kier molecular flexibility index (Phi) is 4.76. The Morgan fingerprint density at radius 1 is 1.21 bits per heavy atom. The van der Waals surface area contributed by atoms with Gasteiger partial charge in [0.15, 0.2) is 0 Å². The molecule has 1 saturated carbocycles. The number of nitrogens with zero attached hydrogens (tertiary/aromatic N) is 2. The minimum absolute atomic E-state index is 0.0919. The predicted octanol–water partition coefficient (Wildman–Crippen LogP) is -0.539. The molecular weight excluding hydrogens is 246 g/mol. The van der Waals surface area contributed by atoms with Crippen LogP contribution in [0.25, 0.3) is 0 Å². The zero-order valence-corrected chi connectivity index (χ0v) is 11.5. The molecule has 2 aliphatic rings. The van der Waals surface area contributed by atoms with E-state index in [0.717, 1.165) is 39.1 Å². The summed E-state index contributed by atoms with van der Waals surface area (Å²) in [5.41, 5.74) is 0. The summed E-state index contributed by atoms with van der Waals surface area (Å²) >= 11 is 0. The van der Waals surface area contributed by atoms with Crippen LogP contribution < -0.4 is 5.32 Å². The molecule has 1 saturated heterocycles. The number of nitrogens with one attached hydrogen (secondary N) is 1. The van der Waals surface area contributed by atoms with Crippen LogP contribution in [-0.2, 0) is 9.59 Å². The lowest BCUT2D eigenvalue weighted by molar-refractivity contribution is -0.140. The van der Waals surface area contributed by atoms with Gasteiger partial charge in [0.1, 0.15) is 0 Å². The minimum atomic E-state index is -0.849. The molecule has 0 unspecified atom stereocenters. The average Bonchev–Trinajstić information content (AvgIpc) is 3.17. The lowest BCUT2D eigenvalue weighted by Gasteiger charge is -2.32. The summed E-state index contributed by atoms with van der Waals surface area (Å²) in [6, 6.07) is 0. The molecule has 6 nitrogen and oxygen atoms in total. The third kappa shape index (κ3) is 4.18. The molecule has 1 aliphatic carbocycles. The second kappa shape index (κ2) is 6.34. The van der Waals surface area contributed by atoms with Gasteiger partial charge in [0.2, 0.25) is 5.91 Å². The van der Waals surface area contributed by atoms with E-state index in [0.29, 0.717) is 13.0 Å². The van der Waals surface area contributed by atoms with E-state index in [2.05, 4.69) is 22.2 Å². The second-order valence-corrected chi connectivity index (χ2v) is 5.58. The molecule has 0 aromatic rings. The third-order valence-electron chi connectivity index (χ3n) is 3.99. The summed E-state index contributed by atoms with van der Waals surface area (Å²) in [6.45, 7) is 6.04. The topological polar surface area (TPSA) is 72.9 Å². The maximum Gasteiger partial charge on any atom is 0.307 e. The Morgan fingerprint density at radius 2 is 1.89 bits per heavy atom. The van der Waals surface area contributed by atoms with Crippen molar-refractivity contribution >= 4 is 11.9 Å². The lowest BCUT2D eigenvalue weighted by Crippen LogP contribution is -2.45. The van der Waals surface area contributed by atoms with Crippen molar-refractivity contribution in [2.45, 2.75) is 12.8 Å². The molecule has 1 amide bonds. The fourth-order valence-corrected chi connectivity index (χ4v) is 2.47. The molecule has 0 bridgehead atoms. The highest BCUT2D eigenvalue weighted by atomic mass is 16.4. The second-order valence-electron chi connectivity index (χ2n) is 5.58. The Labute approximate surface area is 113 Å². The van der Waals surface area contributed by atoms with E-state index in [-0.39, 0.29) is 11.8 Å². The fourth-order valence-electron chi connectivity index (χ4n) is 2.47. The standard InChI is InChI=1S/C13H23N3O3/c1-15-5-7-16(8-6-15)4-2-3-14-12(17)10-9-11(10)13(18)19/h10-11H,2-9H2,1H3,(H,14,17)(H,18,19)/t10-,11+/m1/s1. The van der Waals surface area contributed by atoms with Crippen molar-refractivity contribution in [1.29, 1.82) is 0 Å². The van der Waals surface area contributed by atoms with Crippen molar-refractivity contribution in [3.05, 3.63) is 0 Å². The molecule has 2 atom stereocenters. The van der Waals surface area contributed by atoms with Gasteiger partial charge in [0, 0.05) is 32.7 Å². The van der Waals surface area contributed by atoms with Crippen molar-refractivity contribution in [2.24, 2.45) is 11.8 Å². The number of rotatable bonds is 6. The summed E-state index contributed by atoms with van der Waals surface area (Å²) in [6.07, 6.45) is 1.43. The Balaban J connectivity index is 1.53. The van der Waals surface area contributed by atoms with Gasteiger partial charge in [-0.05, 0) is 26.4 Å². The molecule has 108 valence electrons. The van der Waals surface area contributed by atoms with Crippen molar-refractivity contribution in [3.8, 4) is 0 Å². The molecular formula is C13H23N3O3. The van der Waals surface area contributed by atoms with Gasteiger partial charge in [-0.2, -0.15) is 0 Å². The number of hydrogen-bond donors (Lipinski definition) is 2. The summed E-state index contributed by atoms with van der Waals surface area (Å²) in [5.74, 6) is -1.68. The quantitative estimate of drug-likeness (QED) is 0.634. The number of carbonyl (C=O) groups is 2. The van der Waals surface area contributed by atoms with Gasteiger partial charge in [-0.25, -0.2) is 0 Å². The first-order chi connectivity index (χ1) is 9.08. The molecule has 2 fully saturated rings. The van der Waals surface area contributed by atoms with Crippen LogP contribution in [0.5, 0.6) is 0 Å². The van der Waals surface area contributed by atoms with E-state index in [4.69, 9.17) is 5.11 Å². The minimum Gasteiger partial charge on any atom is -0.481 e. The van der Waals surface area contributed by atoms with Crippen LogP contribution >= 0.6 is 0 Å². The first-order valence-electron chi connectivity index (χ1n) is 6.99. The van der Waals surface area contributed by atoms with E-state index in [1.165, 1.54) is 0 Å². The van der Waals surface area contributed by atoms with Gasteiger partial charge in [-0.15, -0.1) is 0 Å². The summed E-state index contributed by atoms with van der Waals surface area (Å²) in [4.78, 5) is 27.0. The van der Waals surface area contributed by atoms with Crippen LogP contribution in [0.2, 0.25) is 0 Å². The molecule has 6 heteroatoms. The molecule has 0 spiro atoms. The highest BCUT2D eigenvalue weighted by molar-refractivity contribution is 5.89. The van der Waals surface area contributed by atoms with Crippen molar-refractivity contribution < 1.29 is 14.7 Å². The van der Waals surface area contributed by atoms with Gasteiger partial charge in [-0.3, -0.25) is 9.59 Å².